The first-order valence-corrected chi connectivity index (χ1v) is 7.43. The van der Waals surface area contributed by atoms with Crippen molar-refractivity contribution in [3.05, 3.63) is 53.5 Å². The zero-order valence-corrected chi connectivity index (χ0v) is 12.5. The van der Waals surface area contributed by atoms with Crippen LogP contribution in [0.5, 0.6) is 0 Å². The number of carbonyl (C=O) groups excluding carboxylic acids is 1. The summed E-state index contributed by atoms with van der Waals surface area (Å²) in [4.78, 5) is 18.9. The highest BCUT2D eigenvalue weighted by atomic mass is 19.1. The van der Waals surface area contributed by atoms with Crippen molar-refractivity contribution in [3.63, 3.8) is 0 Å². The van der Waals surface area contributed by atoms with Crippen LogP contribution < -0.4 is 10.2 Å². The van der Waals surface area contributed by atoms with E-state index in [-0.39, 0.29) is 5.91 Å². The third-order valence-electron chi connectivity index (χ3n) is 3.84. The van der Waals surface area contributed by atoms with E-state index < -0.39 is 5.82 Å². The molecule has 1 fully saturated rings. The topological polar surface area (TPSA) is 45.2 Å². The molecule has 2 heterocycles. The zero-order chi connectivity index (χ0) is 15.5. The number of aromatic nitrogens is 1. The van der Waals surface area contributed by atoms with Gasteiger partial charge in [0, 0.05) is 18.7 Å². The van der Waals surface area contributed by atoms with Crippen LogP contribution in [0.2, 0.25) is 0 Å². The van der Waals surface area contributed by atoms with E-state index in [0.29, 0.717) is 11.3 Å². The molecule has 1 aliphatic rings. The third-order valence-corrected chi connectivity index (χ3v) is 3.84. The summed E-state index contributed by atoms with van der Waals surface area (Å²) in [5.41, 5.74) is 1.70. The number of hydrogen-bond donors (Lipinski definition) is 1. The van der Waals surface area contributed by atoms with Gasteiger partial charge in [-0.25, -0.2) is 9.37 Å². The lowest BCUT2D eigenvalue weighted by molar-refractivity contribution is 0.102. The highest BCUT2D eigenvalue weighted by molar-refractivity contribution is 6.04. The zero-order valence-electron chi connectivity index (χ0n) is 12.5. The van der Waals surface area contributed by atoms with Crippen molar-refractivity contribution in [1.29, 1.82) is 0 Å². The van der Waals surface area contributed by atoms with E-state index in [1.165, 1.54) is 31.0 Å². The lowest BCUT2D eigenvalue weighted by atomic mass is 10.2. The van der Waals surface area contributed by atoms with Crippen molar-refractivity contribution in [2.45, 2.75) is 19.8 Å². The van der Waals surface area contributed by atoms with Gasteiger partial charge in [0.05, 0.1) is 11.4 Å². The van der Waals surface area contributed by atoms with Crippen LogP contribution in [0, 0.1) is 12.7 Å². The van der Waals surface area contributed by atoms with E-state index >= 15 is 0 Å². The molecule has 2 aromatic rings. The number of benzene rings is 1. The molecule has 4 nitrogen and oxygen atoms in total. The monoisotopic (exact) mass is 299 g/mol. The normalized spacial score (nSPS) is 14.2. The molecule has 114 valence electrons. The molecule has 1 N–H and O–H groups in total. The maximum atomic E-state index is 13.2. The van der Waals surface area contributed by atoms with Crippen LogP contribution in [-0.2, 0) is 0 Å². The second-order valence-electron chi connectivity index (χ2n) is 5.46. The van der Waals surface area contributed by atoms with Gasteiger partial charge in [0.25, 0.3) is 5.91 Å². The number of carbonyl (C=O) groups is 1. The number of hydrogen-bond acceptors (Lipinski definition) is 3. The highest BCUT2D eigenvalue weighted by Gasteiger charge is 2.15. The lowest BCUT2D eigenvalue weighted by Crippen LogP contribution is -2.20. The van der Waals surface area contributed by atoms with Crippen molar-refractivity contribution in [2.24, 2.45) is 0 Å². The number of halogens is 1. The Kier molecular flexibility index (Phi) is 4.04. The van der Waals surface area contributed by atoms with E-state index in [1.807, 2.05) is 19.1 Å². The maximum absolute atomic E-state index is 13.2. The van der Waals surface area contributed by atoms with Crippen LogP contribution in [0.4, 0.5) is 15.9 Å². The summed E-state index contributed by atoms with van der Waals surface area (Å²) < 4.78 is 13.2. The van der Waals surface area contributed by atoms with Crippen LogP contribution in [0.25, 0.3) is 0 Å². The Balaban J connectivity index is 1.76. The van der Waals surface area contributed by atoms with Gasteiger partial charge in [-0.3, -0.25) is 4.79 Å². The van der Waals surface area contributed by atoms with Crippen molar-refractivity contribution in [2.75, 3.05) is 23.3 Å². The molecular weight excluding hydrogens is 281 g/mol. The molecule has 1 saturated heterocycles. The minimum absolute atomic E-state index is 0.294. The summed E-state index contributed by atoms with van der Waals surface area (Å²) in [7, 11) is 0. The summed E-state index contributed by atoms with van der Waals surface area (Å²) in [6, 6.07) is 9.41. The summed E-state index contributed by atoms with van der Waals surface area (Å²) in [6.45, 7) is 3.92. The first-order chi connectivity index (χ1) is 10.6. The van der Waals surface area contributed by atoms with Gasteiger partial charge in [-0.15, -0.1) is 0 Å². The van der Waals surface area contributed by atoms with Gasteiger partial charge >= 0.3 is 0 Å². The minimum Gasteiger partial charge on any atom is -0.357 e. The van der Waals surface area contributed by atoms with Crippen molar-refractivity contribution >= 4 is 17.4 Å². The molecule has 3 rings (SSSR count). The maximum Gasteiger partial charge on any atom is 0.255 e. The van der Waals surface area contributed by atoms with Crippen LogP contribution in [-0.4, -0.2) is 24.0 Å². The molecule has 5 heteroatoms. The quantitative estimate of drug-likeness (QED) is 0.945. The number of aryl methyl sites for hydroxylation is 1. The van der Waals surface area contributed by atoms with Crippen LogP contribution in [0.15, 0.2) is 36.4 Å². The molecule has 0 aliphatic carbocycles. The Morgan fingerprint density at radius 3 is 2.68 bits per heavy atom. The number of nitrogens with one attached hydrogen (secondary N) is 1. The third kappa shape index (κ3) is 3.08. The van der Waals surface area contributed by atoms with Crippen LogP contribution >= 0.6 is 0 Å². The highest BCUT2D eigenvalue weighted by Crippen LogP contribution is 2.22. The second kappa shape index (κ2) is 6.13. The number of pyridine rings is 1. The van der Waals surface area contributed by atoms with E-state index in [4.69, 9.17) is 0 Å². The van der Waals surface area contributed by atoms with E-state index in [1.54, 1.807) is 6.07 Å². The molecule has 0 bridgehead atoms. The van der Waals surface area contributed by atoms with E-state index in [0.717, 1.165) is 24.6 Å². The van der Waals surface area contributed by atoms with Crippen LogP contribution in [0.3, 0.4) is 0 Å². The van der Waals surface area contributed by atoms with Gasteiger partial charge in [-0.2, -0.15) is 0 Å². The molecule has 1 aliphatic heterocycles. The molecule has 0 unspecified atom stereocenters. The largest absolute Gasteiger partial charge is 0.357 e. The van der Waals surface area contributed by atoms with Gasteiger partial charge in [0.1, 0.15) is 11.6 Å². The van der Waals surface area contributed by atoms with Crippen LogP contribution in [0.1, 0.15) is 28.9 Å². The average Bonchev–Trinajstić information content (AvgIpc) is 3.03. The molecule has 0 atom stereocenters. The molecule has 0 radical (unpaired) electrons. The lowest BCUT2D eigenvalue weighted by Gasteiger charge is -2.18. The molecule has 0 spiro atoms. The van der Waals surface area contributed by atoms with Gasteiger partial charge in [0.2, 0.25) is 0 Å². The van der Waals surface area contributed by atoms with Gasteiger partial charge in [-0.1, -0.05) is 6.07 Å². The first kappa shape index (κ1) is 14.5. The van der Waals surface area contributed by atoms with E-state index in [2.05, 4.69) is 15.2 Å². The fraction of sp³-hybridized carbons (Fsp3) is 0.294. The summed E-state index contributed by atoms with van der Waals surface area (Å²) in [5, 5.41) is 2.78. The predicted molar refractivity (Wildman–Crippen MR) is 84.8 cm³/mol. The van der Waals surface area contributed by atoms with Crippen molar-refractivity contribution in [1.82, 2.24) is 4.98 Å². The van der Waals surface area contributed by atoms with Crippen molar-refractivity contribution in [3.8, 4) is 0 Å². The molecule has 1 aromatic carbocycles. The molecule has 1 amide bonds. The van der Waals surface area contributed by atoms with Gasteiger partial charge in [0.15, 0.2) is 0 Å². The molecule has 1 aromatic heterocycles. The standard InChI is InChI=1S/C17H18FN3O/c1-12-15(7-8-16(19-12)21-9-2-3-10-21)20-17(22)13-5-4-6-14(18)11-13/h4-8,11H,2-3,9-10H2,1H3,(H,20,22). The SMILES string of the molecule is Cc1nc(N2CCCC2)ccc1NC(=O)c1cccc(F)c1. The number of rotatable bonds is 3. The smallest absolute Gasteiger partial charge is 0.255 e. The summed E-state index contributed by atoms with van der Waals surface area (Å²) in [6.07, 6.45) is 2.39. The molecule has 0 saturated carbocycles. The van der Waals surface area contributed by atoms with Gasteiger partial charge in [-0.05, 0) is 50.1 Å². The molecular formula is C17H18FN3O. The Morgan fingerprint density at radius 2 is 2.00 bits per heavy atom. The Labute approximate surface area is 129 Å². The minimum atomic E-state index is -0.424. The number of nitrogens with zero attached hydrogens (tertiary/aromatic N) is 2. The molecule has 22 heavy (non-hydrogen) atoms. The number of amides is 1. The Bertz CT molecular complexity index is 696. The second-order valence-corrected chi connectivity index (χ2v) is 5.46. The fourth-order valence-electron chi connectivity index (χ4n) is 2.63. The summed E-state index contributed by atoms with van der Waals surface area (Å²) >= 11 is 0. The number of anilines is 2. The van der Waals surface area contributed by atoms with Gasteiger partial charge < -0.3 is 10.2 Å². The first-order valence-electron chi connectivity index (χ1n) is 7.43. The Hall–Kier alpha value is -2.43. The summed E-state index contributed by atoms with van der Waals surface area (Å²) in [5.74, 6) is 0.184. The fourth-order valence-corrected chi connectivity index (χ4v) is 2.63. The van der Waals surface area contributed by atoms with Crippen molar-refractivity contribution < 1.29 is 9.18 Å². The average molecular weight is 299 g/mol. The Morgan fingerprint density at radius 1 is 1.23 bits per heavy atom. The predicted octanol–water partition coefficient (Wildman–Crippen LogP) is 3.38. The van der Waals surface area contributed by atoms with E-state index in [9.17, 15) is 9.18 Å².